The third-order valence-corrected chi connectivity index (χ3v) is 3.99. The number of rotatable bonds is 3. The van der Waals surface area contributed by atoms with E-state index in [4.69, 9.17) is 11.6 Å². The molecule has 0 saturated carbocycles. The van der Waals surface area contributed by atoms with E-state index in [1.54, 1.807) is 6.07 Å². The number of halogens is 2. The minimum atomic E-state index is -0.107. The molecule has 0 aliphatic carbocycles. The summed E-state index contributed by atoms with van der Waals surface area (Å²) in [6.07, 6.45) is 1.74. The highest BCUT2D eigenvalue weighted by atomic mass is 127. The average Bonchev–Trinajstić information content (AvgIpc) is 2.35. The zero-order valence-electron chi connectivity index (χ0n) is 9.84. The maximum Gasteiger partial charge on any atom is 0.264 e. The zero-order valence-corrected chi connectivity index (χ0v) is 12.7. The number of hydrogen-bond acceptors (Lipinski definition) is 2. The lowest BCUT2D eigenvalue weighted by Crippen LogP contribution is -2.16. The van der Waals surface area contributed by atoms with Crippen LogP contribution in [0.15, 0.2) is 29.1 Å². The highest BCUT2D eigenvalue weighted by Gasteiger charge is 2.11. The molecule has 2 aromatic rings. The van der Waals surface area contributed by atoms with Crippen LogP contribution in [0.3, 0.4) is 0 Å². The molecule has 18 heavy (non-hydrogen) atoms. The van der Waals surface area contributed by atoms with Crippen molar-refractivity contribution in [1.29, 1.82) is 0 Å². The van der Waals surface area contributed by atoms with Crippen LogP contribution < -0.4 is 5.56 Å². The monoisotopic (exact) mass is 374 g/mol. The molecule has 0 amide bonds. The molecule has 5 heteroatoms. The lowest BCUT2D eigenvalue weighted by Gasteiger charge is -2.07. The predicted molar refractivity (Wildman–Crippen MR) is 82.0 cm³/mol. The van der Waals surface area contributed by atoms with E-state index in [-0.39, 0.29) is 5.56 Å². The lowest BCUT2D eigenvalue weighted by atomic mass is 10.2. The molecule has 1 N–H and O–H groups in total. The molecule has 94 valence electrons. The fraction of sp³-hybridized carbons (Fsp3) is 0.231. The van der Waals surface area contributed by atoms with Gasteiger partial charge in [0.2, 0.25) is 0 Å². The van der Waals surface area contributed by atoms with Crippen LogP contribution >= 0.6 is 34.2 Å². The molecule has 0 unspecified atom stereocenters. The van der Waals surface area contributed by atoms with Crippen LogP contribution in [0.4, 0.5) is 0 Å². The van der Waals surface area contributed by atoms with Crippen LogP contribution in [-0.4, -0.2) is 9.97 Å². The minimum Gasteiger partial charge on any atom is -0.306 e. The van der Waals surface area contributed by atoms with E-state index in [1.165, 1.54) is 0 Å². The lowest BCUT2D eigenvalue weighted by molar-refractivity contribution is 0.860. The van der Waals surface area contributed by atoms with Crippen LogP contribution in [-0.2, 0) is 6.42 Å². The van der Waals surface area contributed by atoms with Crippen molar-refractivity contribution >= 4 is 34.2 Å². The third kappa shape index (κ3) is 2.75. The van der Waals surface area contributed by atoms with Crippen molar-refractivity contribution in [2.75, 3.05) is 0 Å². The number of H-pyrrole nitrogens is 1. The molecule has 0 radical (unpaired) electrons. The van der Waals surface area contributed by atoms with Gasteiger partial charge in [0.05, 0.1) is 14.3 Å². The van der Waals surface area contributed by atoms with E-state index >= 15 is 0 Å². The van der Waals surface area contributed by atoms with Gasteiger partial charge in [0.15, 0.2) is 0 Å². The number of benzene rings is 1. The second-order valence-corrected chi connectivity index (χ2v) is 5.39. The van der Waals surface area contributed by atoms with Crippen molar-refractivity contribution < 1.29 is 0 Å². The Morgan fingerprint density at radius 3 is 2.78 bits per heavy atom. The number of aryl methyl sites for hydroxylation is 1. The zero-order chi connectivity index (χ0) is 13.1. The summed E-state index contributed by atoms with van der Waals surface area (Å²) in [7, 11) is 0. The first-order valence-corrected chi connectivity index (χ1v) is 7.12. The molecular weight excluding hydrogens is 363 g/mol. The Bertz CT molecular complexity index is 625. The topological polar surface area (TPSA) is 45.8 Å². The van der Waals surface area contributed by atoms with Gasteiger partial charge < -0.3 is 4.98 Å². The maximum atomic E-state index is 11.9. The fourth-order valence-electron chi connectivity index (χ4n) is 1.69. The van der Waals surface area contributed by atoms with Gasteiger partial charge in [0, 0.05) is 5.56 Å². The molecule has 1 heterocycles. The third-order valence-electron chi connectivity index (χ3n) is 2.55. The molecule has 2 rings (SSSR count). The first kappa shape index (κ1) is 13.5. The SMILES string of the molecule is CCCc1nc(-c2ccccc2Cl)[nH]c(=O)c1I. The number of nitrogens with zero attached hydrogens (tertiary/aromatic N) is 1. The number of nitrogens with one attached hydrogen (secondary N) is 1. The van der Waals surface area contributed by atoms with Gasteiger partial charge in [-0.25, -0.2) is 4.98 Å². The summed E-state index contributed by atoms with van der Waals surface area (Å²) in [5.41, 5.74) is 1.48. The van der Waals surface area contributed by atoms with Crippen molar-refractivity contribution in [2.45, 2.75) is 19.8 Å². The van der Waals surface area contributed by atoms with Gasteiger partial charge in [0.1, 0.15) is 5.82 Å². The molecule has 1 aromatic carbocycles. The Morgan fingerprint density at radius 2 is 2.11 bits per heavy atom. The molecular formula is C13H12ClIN2O. The van der Waals surface area contributed by atoms with Crippen LogP contribution in [0.25, 0.3) is 11.4 Å². The quantitative estimate of drug-likeness (QED) is 0.834. The van der Waals surface area contributed by atoms with Crippen LogP contribution in [0, 0.1) is 3.57 Å². The molecule has 0 spiro atoms. The first-order valence-electron chi connectivity index (χ1n) is 5.67. The summed E-state index contributed by atoms with van der Waals surface area (Å²) in [5, 5.41) is 0.587. The van der Waals surface area contributed by atoms with E-state index in [9.17, 15) is 4.79 Å². The number of aromatic nitrogens is 2. The van der Waals surface area contributed by atoms with E-state index in [0.29, 0.717) is 14.4 Å². The standard InChI is InChI=1S/C13H12ClIN2O/c1-2-5-10-11(15)13(18)17-12(16-10)8-6-3-4-7-9(8)14/h3-4,6-7H,2,5H2,1H3,(H,16,17,18). The van der Waals surface area contributed by atoms with E-state index in [2.05, 4.69) is 16.9 Å². The number of hydrogen-bond donors (Lipinski definition) is 1. The molecule has 0 saturated heterocycles. The van der Waals surface area contributed by atoms with Crippen LogP contribution in [0.1, 0.15) is 19.0 Å². The Kier molecular flexibility index (Phi) is 4.40. The maximum absolute atomic E-state index is 11.9. The summed E-state index contributed by atoms with van der Waals surface area (Å²) in [6, 6.07) is 7.36. The Labute approximate surface area is 124 Å². The average molecular weight is 375 g/mol. The highest BCUT2D eigenvalue weighted by Crippen LogP contribution is 2.24. The van der Waals surface area contributed by atoms with Gasteiger partial charge in [0.25, 0.3) is 5.56 Å². The largest absolute Gasteiger partial charge is 0.306 e. The summed E-state index contributed by atoms with van der Waals surface area (Å²) < 4.78 is 0.658. The highest BCUT2D eigenvalue weighted by molar-refractivity contribution is 14.1. The van der Waals surface area contributed by atoms with Crippen LogP contribution in [0.5, 0.6) is 0 Å². The second-order valence-electron chi connectivity index (χ2n) is 3.91. The summed E-state index contributed by atoms with van der Waals surface area (Å²) in [6.45, 7) is 2.06. The van der Waals surface area contributed by atoms with Crippen molar-refractivity contribution in [3.63, 3.8) is 0 Å². The molecule has 0 fully saturated rings. The van der Waals surface area contributed by atoms with E-state index < -0.39 is 0 Å². The number of aromatic amines is 1. The molecule has 0 atom stereocenters. The van der Waals surface area contributed by atoms with Gasteiger partial charge in [-0.15, -0.1) is 0 Å². The van der Waals surface area contributed by atoms with Gasteiger partial charge >= 0.3 is 0 Å². The second kappa shape index (κ2) is 5.84. The minimum absolute atomic E-state index is 0.107. The van der Waals surface area contributed by atoms with Crippen molar-refractivity contribution in [3.8, 4) is 11.4 Å². The molecule has 0 aliphatic heterocycles. The van der Waals surface area contributed by atoms with Crippen LogP contribution in [0.2, 0.25) is 5.02 Å². The summed E-state index contributed by atoms with van der Waals surface area (Å²) >= 11 is 8.15. The van der Waals surface area contributed by atoms with E-state index in [1.807, 2.05) is 40.8 Å². The van der Waals surface area contributed by atoms with Gasteiger partial charge in [-0.1, -0.05) is 37.1 Å². The Hall–Kier alpha value is -0.880. The Morgan fingerprint density at radius 1 is 1.39 bits per heavy atom. The van der Waals surface area contributed by atoms with Gasteiger partial charge in [-0.3, -0.25) is 4.79 Å². The van der Waals surface area contributed by atoms with Crippen molar-refractivity contribution in [1.82, 2.24) is 9.97 Å². The smallest absolute Gasteiger partial charge is 0.264 e. The van der Waals surface area contributed by atoms with E-state index in [0.717, 1.165) is 24.1 Å². The van der Waals surface area contributed by atoms with Gasteiger partial charge in [-0.05, 0) is 41.1 Å². The predicted octanol–water partition coefficient (Wildman–Crippen LogP) is 3.65. The fourth-order valence-corrected chi connectivity index (χ4v) is 2.44. The molecule has 1 aromatic heterocycles. The molecule has 3 nitrogen and oxygen atoms in total. The summed E-state index contributed by atoms with van der Waals surface area (Å²) in [5.74, 6) is 0.537. The Balaban J connectivity index is 2.59. The first-order chi connectivity index (χ1) is 8.63. The normalized spacial score (nSPS) is 10.6. The molecule has 0 aliphatic rings. The summed E-state index contributed by atoms with van der Waals surface area (Å²) in [4.78, 5) is 19.2. The van der Waals surface area contributed by atoms with Gasteiger partial charge in [-0.2, -0.15) is 0 Å². The van der Waals surface area contributed by atoms with Crippen molar-refractivity contribution in [3.05, 3.63) is 48.9 Å². The molecule has 0 bridgehead atoms. The van der Waals surface area contributed by atoms with Crippen molar-refractivity contribution in [2.24, 2.45) is 0 Å².